The Hall–Kier alpha value is -2.04. The number of carbonyl (C=O) groups excluding carboxylic acids is 1. The van der Waals surface area contributed by atoms with Crippen molar-refractivity contribution in [3.05, 3.63) is 30.0 Å². The molecule has 0 bridgehead atoms. The number of piperidine rings is 2. The molecule has 23 heavy (non-hydrogen) atoms. The number of amides is 2. The lowest BCUT2D eigenvalue weighted by Gasteiger charge is -2.36. The topological polar surface area (TPSA) is 49.6 Å². The predicted octanol–water partition coefficient (Wildman–Crippen LogP) is 3.61. The number of likely N-dealkylation sites (tertiary alicyclic amines) is 2. The third kappa shape index (κ3) is 2.80. The number of rotatable bonds is 1. The van der Waals surface area contributed by atoms with Crippen LogP contribution in [0.5, 0.6) is 0 Å². The Labute approximate surface area is 136 Å². The molecule has 0 aliphatic carbocycles. The van der Waals surface area contributed by atoms with Crippen LogP contribution in [0.1, 0.15) is 43.7 Å². The third-order valence-electron chi connectivity index (χ3n) is 5.18. The molecule has 0 unspecified atom stereocenters. The molecule has 2 saturated heterocycles. The highest BCUT2D eigenvalue weighted by Gasteiger charge is 2.29. The molecule has 3 heterocycles. The average molecular weight is 313 g/mol. The van der Waals surface area contributed by atoms with Crippen LogP contribution in [0.25, 0.3) is 11.0 Å². The summed E-state index contributed by atoms with van der Waals surface area (Å²) in [6, 6.07) is 8.26. The van der Waals surface area contributed by atoms with E-state index in [0.717, 1.165) is 68.5 Å². The van der Waals surface area contributed by atoms with Crippen molar-refractivity contribution >= 4 is 17.0 Å². The molecule has 0 radical (unpaired) electrons. The van der Waals surface area contributed by atoms with Crippen molar-refractivity contribution in [2.45, 2.75) is 38.0 Å². The first kappa shape index (κ1) is 14.5. The summed E-state index contributed by atoms with van der Waals surface area (Å²) in [4.78, 5) is 16.6. The predicted molar refractivity (Wildman–Crippen MR) is 88.4 cm³/mol. The molecule has 1 aromatic heterocycles. The van der Waals surface area contributed by atoms with Crippen LogP contribution in [0.4, 0.5) is 4.79 Å². The van der Waals surface area contributed by atoms with Crippen LogP contribution >= 0.6 is 0 Å². The van der Waals surface area contributed by atoms with Crippen molar-refractivity contribution in [1.82, 2.24) is 15.0 Å². The summed E-state index contributed by atoms with van der Waals surface area (Å²) in [6.45, 7) is 3.49. The van der Waals surface area contributed by atoms with Gasteiger partial charge in [0.1, 0.15) is 0 Å². The molecule has 0 N–H and O–H groups in total. The summed E-state index contributed by atoms with van der Waals surface area (Å²) in [5.74, 6) is 0.393. The van der Waals surface area contributed by atoms with Crippen LogP contribution in [0.15, 0.2) is 28.8 Å². The minimum Gasteiger partial charge on any atom is -0.356 e. The van der Waals surface area contributed by atoms with Gasteiger partial charge < -0.3 is 14.3 Å². The van der Waals surface area contributed by atoms with E-state index in [1.807, 2.05) is 28.0 Å². The lowest BCUT2D eigenvalue weighted by molar-refractivity contribution is 0.131. The average Bonchev–Trinajstić information content (AvgIpc) is 3.06. The number of para-hydroxylation sites is 1. The number of carbonyl (C=O) groups is 1. The minimum atomic E-state index is 0.230. The molecule has 0 spiro atoms. The number of urea groups is 1. The number of fused-ring (bicyclic) bond motifs is 1. The number of hydrogen-bond donors (Lipinski definition) is 0. The smallest absolute Gasteiger partial charge is 0.319 e. The Morgan fingerprint density at radius 2 is 1.70 bits per heavy atom. The summed E-state index contributed by atoms with van der Waals surface area (Å²) in [5.41, 5.74) is 1.92. The molecular weight excluding hydrogens is 290 g/mol. The lowest BCUT2D eigenvalue weighted by atomic mass is 9.92. The first-order valence-electron chi connectivity index (χ1n) is 8.71. The fourth-order valence-electron chi connectivity index (χ4n) is 3.83. The molecule has 2 amide bonds. The van der Waals surface area contributed by atoms with Crippen LogP contribution in [0.2, 0.25) is 0 Å². The second kappa shape index (κ2) is 6.22. The zero-order chi connectivity index (χ0) is 15.6. The summed E-state index contributed by atoms with van der Waals surface area (Å²) in [6.07, 6.45) is 5.48. The highest BCUT2D eigenvalue weighted by atomic mass is 16.5. The van der Waals surface area contributed by atoms with Gasteiger partial charge in [-0.3, -0.25) is 0 Å². The van der Waals surface area contributed by atoms with Gasteiger partial charge in [-0.05, 0) is 44.2 Å². The van der Waals surface area contributed by atoms with Gasteiger partial charge >= 0.3 is 6.03 Å². The minimum absolute atomic E-state index is 0.230. The zero-order valence-electron chi connectivity index (χ0n) is 13.4. The quantitative estimate of drug-likeness (QED) is 0.808. The Balaban J connectivity index is 1.41. The molecule has 2 aliphatic rings. The van der Waals surface area contributed by atoms with Crippen molar-refractivity contribution in [2.24, 2.45) is 0 Å². The van der Waals surface area contributed by atoms with E-state index >= 15 is 0 Å². The fraction of sp³-hybridized carbons (Fsp3) is 0.556. The summed E-state index contributed by atoms with van der Waals surface area (Å²) in [7, 11) is 0. The molecule has 5 nitrogen and oxygen atoms in total. The van der Waals surface area contributed by atoms with E-state index in [4.69, 9.17) is 4.52 Å². The van der Waals surface area contributed by atoms with Gasteiger partial charge in [0, 0.05) is 37.5 Å². The van der Waals surface area contributed by atoms with Gasteiger partial charge in [-0.2, -0.15) is 0 Å². The molecule has 0 atom stereocenters. The summed E-state index contributed by atoms with van der Waals surface area (Å²) < 4.78 is 5.43. The van der Waals surface area contributed by atoms with Gasteiger partial charge in [-0.15, -0.1) is 0 Å². The number of aromatic nitrogens is 1. The first-order valence-corrected chi connectivity index (χ1v) is 8.71. The summed E-state index contributed by atoms with van der Waals surface area (Å²) in [5, 5.41) is 5.41. The first-order chi connectivity index (χ1) is 11.3. The van der Waals surface area contributed by atoms with Crippen molar-refractivity contribution in [3.63, 3.8) is 0 Å². The van der Waals surface area contributed by atoms with Crippen LogP contribution in [-0.4, -0.2) is 47.2 Å². The molecule has 5 heteroatoms. The standard InChI is InChI=1S/C18H23N3O2/c22-18(20-10-4-1-5-11-20)21-12-8-14(9-13-21)17-15-6-2-3-7-16(15)23-19-17/h2-3,6-7,14H,1,4-5,8-13H2. The van der Waals surface area contributed by atoms with Gasteiger partial charge in [0.2, 0.25) is 0 Å². The zero-order valence-corrected chi connectivity index (χ0v) is 13.4. The van der Waals surface area contributed by atoms with Crippen molar-refractivity contribution < 1.29 is 9.32 Å². The number of hydrogen-bond acceptors (Lipinski definition) is 3. The molecule has 122 valence electrons. The monoisotopic (exact) mass is 313 g/mol. The van der Waals surface area contributed by atoms with E-state index in [9.17, 15) is 4.79 Å². The Morgan fingerprint density at radius 1 is 1.00 bits per heavy atom. The van der Waals surface area contributed by atoms with E-state index in [0.29, 0.717) is 5.92 Å². The van der Waals surface area contributed by atoms with Crippen molar-refractivity contribution in [1.29, 1.82) is 0 Å². The van der Waals surface area contributed by atoms with E-state index in [-0.39, 0.29) is 6.03 Å². The second-order valence-electron chi connectivity index (χ2n) is 6.66. The maximum absolute atomic E-state index is 12.6. The van der Waals surface area contributed by atoms with E-state index in [1.165, 1.54) is 6.42 Å². The molecule has 0 saturated carbocycles. The highest BCUT2D eigenvalue weighted by molar-refractivity contribution is 5.80. The Kier molecular flexibility index (Phi) is 3.93. The van der Waals surface area contributed by atoms with Crippen molar-refractivity contribution in [2.75, 3.05) is 26.2 Å². The Morgan fingerprint density at radius 3 is 2.48 bits per heavy atom. The lowest BCUT2D eigenvalue weighted by Crippen LogP contribution is -2.48. The molecule has 2 aliphatic heterocycles. The van der Waals surface area contributed by atoms with Crippen LogP contribution < -0.4 is 0 Å². The molecule has 1 aromatic carbocycles. The largest absolute Gasteiger partial charge is 0.356 e. The van der Waals surface area contributed by atoms with E-state index in [1.54, 1.807) is 0 Å². The Bertz CT molecular complexity index is 682. The molecule has 2 aromatic rings. The molecule has 2 fully saturated rings. The highest BCUT2D eigenvalue weighted by Crippen LogP contribution is 2.32. The molecule has 4 rings (SSSR count). The van der Waals surface area contributed by atoms with Gasteiger partial charge in [0.25, 0.3) is 0 Å². The third-order valence-corrected chi connectivity index (χ3v) is 5.18. The van der Waals surface area contributed by atoms with Crippen LogP contribution in [-0.2, 0) is 0 Å². The van der Waals surface area contributed by atoms with Crippen LogP contribution in [0.3, 0.4) is 0 Å². The normalized spacial score (nSPS) is 20.2. The molecular formula is C18H23N3O2. The van der Waals surface area contributed by atoms with Crippen LogP contribution in [0, 0.1) is 0 Å². The maximum atomic E-state index is 12.6. The second-order valence-corrected chi connectivity index (χ2v) is 6.66. The van der Waals surface area contributed by atoms with E-state index < -0.39 is 0 Å². The van der Waals surface area contributed by atoms with E-state index in [2.05, 4.69) is 11.2 Å². The fourth-order valence-corrected chi connectivity index (χ4v) is 3.83. The number of benzene rings is 1. The summed E-state index contributed by atoms with van der Waals surface area (Å²) >= 11 is 0. The van der Waals surface area contributed by atoms with Gasteiger partial charge in [0.05, 0.1) is 5.69 Å². The van der Waals surface area contributed by atoms with Crippen molar-refractivity contribution in [3.8, 4) is 0 Å². The maximum Gasteiger partial charge on any atom is 0.319 e. The van der Waals surface area contributed by atoms with Gasteiger partial charge in [0.15, 0.2) is 5.58 Å². The number of nitrogens with zero attached hydrogens (tertiary/aromatic N) is 3. The SMILES string of the molecule is O=C(N1CCCCC1)N1CCC(c2noc3ccccc23)CC1. The van der Waals surface area contributed by atoms with Gasteiger partial charge in [-0.1, -0.05) is 17.3 Å². The van der Waals surface area contributed by atoms with Gasteiger partial charge in [-0.25, -0.2) is 4.79 Å².